The Bertz CT molecular complexity index is 428. The summed E-state index contributed by atoms with van der Waals surface area (Å²) in [5.74, 6) is 0. The molecule has 1 aliphatic rings. The zero-order chi connectivity index (χ0) is 11.4. The van der Waals surface area contributed by atoms with E-state index in [2.05, 4.69) is 11.1 Å². The van der Waals surface area contributed by atoms with Crippen molar-refractivity contribution in [3.63, 3.8) is 0 Å². The first kappa shape index (κ1) is 10.8. The van der Waals surface area contributed by atoms with Crippen molar-refractivity contribution >= 4 is 6.29 Å². The molecule has 1 aliphatic carbocycles. The van der Waals surface area contributed by atoms with Crippen LogP contribution in [0.5, 0.6) is 0 Å². The molecule has 0 N–H and O–H groups in total. The molecule has 0 atom stereocenters. The van der Waals surface area contributed by atoms with Gasteiger partial charge in [0.05, 0.1) is 17.2 Å². The number of carbonyl (C=O) groups excluding carboxylic acids is 1. The summed E-state index contributed by atoms with van der Waals surface area (Å²) >= 11 is 0. The predicted octanol–water partition coefficient (Wildman–Crippen LogP) is 2.62. The molecule has 3 nitrogen and oxygen atoms in total. The highest BCUT2D eigenvalue weighted by Crippen LogP contribution is 2.37. The minimum atomic E-state index is -0.461. The number of hydrogen-bond donors (Lipinski definition) is 0. The van der Waals surface area contributed by atoms with Crippen LogP contribution in [0.3, 0.4) is 0 Å². The van der Waals surface area contributed by atoms with E-state index in [0.29, 0.717) is 5.56 Å². The van der Waals surface area contributed by atoms with E-state index in [1.807, 2.05) is 0 Å². The molecule has 1 saturated carbocycles. The van der Waals surface area contributed by atoms with Crippen molar-refractivity contribution in [3.8, 4) is 6.07 Å². The van der Waals surface area contributed by atoms with Crippen LogP contribution in [-0.4, -0.2) is 11.3 Å². The molecule has 0 saturated heterocycles. The van der Waals surface area contributed by atoms with E-state index >= 15 is 0 Å². The Labute approximate surface area is 95.1 Å². The molecule has 2 rings (SSSR count). The number of nitriles is 1. The van der Waals surface area contributed by atoms with E-state index in [4.69, 9.17) is 0 Å². The summed E-state index contributed by atoms with van der Waals surface area (Å²) < 4.78 is 0. The van der Waals surface area contributed by atoms with Crippen molar-refractivity contribution < 1.29 is 4.79 Å². The molecule has 1 aromatic rings. The number of hydrogen-bond acceptors (Lipinski definition) is 3. The second-order valence-electron chi connectivity index (χ2n) is 4.35. The Morgan fingerprint density at radius 2 is 2.12 bits per heavy atom. The van der Waals surface area contributed by atoms with E-state index in [0.717, 1.165) is 37.7 Å². The van der Waals surface area contributed by atoms with Crippen LogP contribution in [0.2, 0.25) is 0 Å². The van der Waals surface area contributed by atoms with Gasteiger partial charge < -0.3 is 0 Å². The molecule has 3 heteroatoms. The average molecular weight is 214 g/mol. The van der Waals surface area contributed by atoms with Gasteiger partial charge in [0, 0.05) is 11.8 Å². The number of aromatic nitrogens is 1. The van der Waals surface area contributed by atoms with Crippen molar-refractivity contribution in [1.82, 2.24) is 4.98 Å². The largest absolute Gasteiger partial charge is 0.298 e. The Morgan fingerprint density at radius 1 is 1.38 bits per heavy atom. The molecule has 0 bridgehead atoms. The van der Waals surface area contributed by atoms with Crippen LogP contribution in [-0.2, 0) is 5.41 Å². The van der Waals surface area contributed by atoms with Crippen LogP contribution < -0.4 is 0 Å². The van der Waals surface area contributed by atoms with Crippen LogP contribution in [0.15, 0.2) is 18.3 Å². The van der Waals surface area contributed by atoms with Crippen LogP contribution in [0, 0.1) is 11.3 Å². The lowest BCUT2D eigenvalue weighted by molar-refractivity contribution is 0.112. The lowest BCUT2D eigenvalue weighted by atomic mass is 9.72. The molecule has 0 amide bonds. The number of pyridine rings is 1. The van der Waals surface area contributed by atoms with Crippen molar-refractivity contribution in [2.24, 2.45) is 0 Å². The van der Waals surface area contributed by atoms with E-state index in [1.165, 1.54) is 6.42 Å². The Morgan fingerprint density at radius 3 is 2.75 bits per heavy atom. The van der Waals surface area contributed by atoms with Gasteiger partial charge in [-0.05, 0) is 25.0 Å². The van der Waals surface area contributed by atoms with E-state index < -0.39 is 5.41 Å². The summed E-state index contributed by atoms with van der Waals surface area (Å²) in [5, 5.41) is 9.38. The molecule has 16 heavy (non-hydrogen) atoms. The Balaban J connectivity index is 2.39. The van der Waals surface area contributed by atoms with Gasteiger partial charge in [-0.1, -0.05) is 19.3 Å². The molecule has 82 valence electrons. The van der Waals surface area contributed by atoms with Gasteiger partial charge in [0.2, 0.25) is 0 Å². The summed E-state index contributed by atoms with van der Waals surface area (Å²) in [5.41, 5.74) is 0.904. The smallest absolute Gasteiger partial charge is 0.150 e. The zero-order valence-corrected chi connectivity index (χ0v) is 9.15. The van der Waals surface area contributed by atoms with Gasteiger partial charge in [-0.2, -0.15) is 5.26 Å². The molecule has 0 spiro atoms. The third kappa shape index (κ3) is 1.83. The third-order valence-electron chi connectivity index (χ3n) is 3.33. The van der Waals surface area contributed by atoms with Crippen molar-refractivity contribution in [3.05, 3.63) is 29.6 Å². The molecule has 1 aromatic heterocycles. The first-order valence-electron chi connectivity index (χ1n) is 5.64. The van der Waals surface area contributed by atoms with Gasteiger partial charge in [-0.25, -0.2) is 0 Å². The molecular formula is C13H14N2O. The third-order valence-corrected chi connectivity index (χ3v) is 3.33. The van der Waals surface area contributed by atoms with E-state index in [-0.39, 0.29) is 0 Å². The first-order valence-corrected chi connectivity index (χ1v) is 5.64. The van der Waals surface area contributed by atoms with E-state index in [1.54, 1.807) is 18.3 Å². The van der Waals surface area contributed by atoms with Gasteiger partial charge in [-0.3, -0.25) is 9.78 Å². The molecule has 0 aromatic carbocycles. The van der Waals surface area contributed by atoms with Gasteiger partial charge in [0.15, 0.2) is 0 Å². The van der Waals surface area contributed by atoms with Crippen molar-refractivity contribution in [2.45, 2.75) is 37.5 Å². The van der Waals surface area contributed by atoms with Crippen LogP contribution >= 0.6 is 0 Å². The maximum absolute atomic E-state index is 10.7. The summed E-state index contributed by atoms with van der Waals surface area (Å²) in [6.45, 7) is 0. The summed E-state index contributed by atoms with van der Waals surface area (Å²) in [4.78, 5) is 15.0. The zero-order valence-electron chi connectivity index (χ0n) is 9.15. The average Bonchev–Trinajstić information content (AvgIpc) is 2.39. The topological polar surface area (TPSA) is 53.8 Å². The van der Waals surface area contributed by atoms with E-state index in [9.17, 15) is 10.1 Å². The normalized spacial score (nSPS) is 18.7. The molecule has 0 aliphatic heterocycles. The number of nitrogens with zero attached hydrogens (tertiary/aromatic N) is 2. The van der Waals surface area contributed by atoms with Crippen molar-refractivity contribution in [2.75, 3.05) is 0 Å². The fourth-order valence-electron chi connectivity index (χ4n) is 2.36. The highest BCUT2D eigenvalue weighted by molar-refractivity contribution is 5.74. The lowest BCUT2D eigenvalue weighted by Crippen LogP contribution is -2.28. The Kier molecular flexibility index (Phi) is 3.00. The predicted molar refractivity (Wildman–Crippen MR) is 60.0 cm³/mol. The second-order valence-corrected chi connectivity index (χ2v) is 4.35. The monoisotopic (exact) mass is 214 g/mol. The summed E-state index contributed by atoms with van der Waals surface area (Å²) in [7, 11) is 0. The van der Waals surface area contributed by atoms with Crippen molar-refractivity contribution in [1.29, 1.82) is 5.26 Å². The van der Waals surface area contributed by atoms with Gasteiger partial charge in [0.25, 0.3) is 0 Å². The van der Waals surface area contributed by atoms with Crippen LogP contribution in [0.25, 0.3) is 0 Å². The first-order chi connectivity index (χ1) is 7.80. The minimum absolute atomic E-state index is 0.461. The van der Waals surface area contributed by atoms with Gasteiger partial charge in [-0.15, -0.1) is 0 Å². The summed E-state index contributed by atoms with van der Waals surface area (Å²) in [6, 6.07) is 5.83. The lowest BCUT2D eigenvalue weighted by Gasteiger charge is -2.30. The van der Waals surface area contributed by atoms with Crippen LogP contribution in [0.4, 0.5) is 0 Å². The maximum Gasteiger partial charge on any atom is 0.150 e. The fourth-order valence-corrected chi connectivity index (χ4v) is 2.36. The quantitative estimate of drug-likeness (QED) is 0.711. The highest BCUT2D eigenvalue weighted by atomic mass is 16.1. The molecule has 0 radical (unpaired) electrons. The minimum Gasteiger partial charge on any atom is -0.298 e. The standard InChI is InChI=1S/C13H14N2O/c14-10-13(5-2-1-3-6-13)12-8-11(9-16)4-7-15-12/h4,7-9H,1-3,5-6H2. The second kappa shape index (κ2) is 4.44. The fraction of sp³-hybridized carbons (Fsp3) is 0.462. The molecular weight excluding hydrogens is 200 g/mol. The van der Waals surface area contributed by atoms with Gasteiger partial charge >= 0.3 is 0 Å². The maximum atomic E-state index is 10.7. The summed E-state index contributed by atoms with van der Waals surface area (Å²) in [6.07, 6.45) is 7.47. The highest BCUT2D eigenvalue weighted by Gasteiger charge is 2.35. The van der Waals surface area contributed by atoms with Crippen LogP contribution in [0.1, 0.15) is 48.2 Å². The molecule has 0 unspecified atom stereocenters. The number of aldehydes is 1. The number of rotatable bonds is 2. The van der Waals surface area contributed by atoms with Gasteiger partial charge in [0.1, 0.15) is 6.29 Å². The number of carbonyl (C=O) groups is 1. The SMILES string of the molecule is N#CC1(c2cc(C=O)ccn2)CCCCC1. The Hall–Kier alpha value is -1.69. The molecule has 1 heterocycles. The molecule has 1 fully saturated rings.